The molecule has 0 aromatic heterocycles. The van der Waals surface area contributed by atoms with Gasteiger partial charge in [-0.15, -0.1) is 0 Å². The Balaban J connectivity index is 1.16. The molecule has 2 heterocycles. The van der Waals surface area contributed by atoms with Gasteiger partial charge in [-0.2, -0.15) is 0 Å². The predicted octanol–water partition coefficient (Wildman–Crippen LogP) is 2.49. The van der Waals surface area contributed by atoms with Crippen molar-refractivity contribution in [1.82, 2.24) is 20.0 Å². The molecular formula is C24H32N4O3. The van der Waals surface area contributed by atoms with E-state index in [0.717, 1.165) is 58.4 Å². The summed E-state index contributed by atoms with van der Waals surface area (Å²) in [5.41, 5.74) is 0.534. The number of carbonyl (C=O) groups excluding carboxylic acids is 3. The van der Waals surface area contributed by atoms with Crippen LogP contribution in [-0.4, -0.2) is 77.4 Å². The minimum Gasteiger partial charge on any atom is -0.340 e. The molecular weight excluding hydrogens is 392 g/mol. The quantitative estimate of drug-likeness (QED) is 0.683. The molecule has 0 unspecified atom stereocenters. The van der Waals surface area contributed by atoms with Crippen LogP contribution in [0.3, 0.4) is 0 Å². The first kappa shape index (κ1) is 21.6. The molecule has 2 aliphatic heterocycles. The lowest BCUT2D eigenvalue weighted by molar-refractivity contribution is -0.134. The highest BCUT2D eigenvalue weighted by Crippen LogP contribution is 2.35. The van der Waals surface area contributed by atoms with Crippen molar-refractivity contribution in [2.45, 2.75) is 44.1 Å². The monoisotopic (exact) mass is 424 g/mol. The molecule has 7 nitrogen and oxygen atoms in total. The van der Waals surface area contributed by atoms with E-state index in [1.165, 1.54) is 10.5 Å². The first-order valence-electron chi connectivity index (χ1n) is 11.4. The SMILES string of the molecule is O=C(CCCN1C(=O)NC2(CCCC2)C1=O)N1CCN(C/C=C/c2ccccc2)CC1. The molecule has 1 aromatic carbocycles. The standard InChI is InChI=1S/C24H32N4O3/c29-21(11-7-15-28-22(30)24(25-23(28)31)12-4-5-13-24)27-18-16-26(17-19-27)14-6-10-20-8-2-1-3-9-20/h1-3,6,8-10H,4-5,7,11-19H2,(H,25,31)/b10-6+. The van der Waals surface area contributed by atoms with Gasteiger partial charge in [0.2, 0.25) is 5.91 Å². The summed E-state index contributed by atoms with van der Waals surface area (Å²) in [5, 5.41) is 2.89. The van der Waals surface area contributed by atoms with Gasteiger partial charge in [0, 0.05) is 45.7 Å². The summed E-state index contributed by atoms with van der Waals surface area (Å²) in [7, 11) is 0. The summed E-state index contributed by atoms with van der Waals surface area (Å²) in [6.45, 7) is 4.38. The highest BCUT2D eigenvalue weighted by atomic mass is 16.2. The first-order valence-corrected chi connectivity index (χ1v) is 11.4. The van der Waals surface area contributed by atoms with Gasteiger partial charge < -0.3 is 10.2 Å². The molecule has 0 atom stereocenters. The second-order valence-electron chi connectivity index (χ2n) is 8.77. The molecule has 1 N–H and O–H groups in total. The molecule has 7 heteroatoms. The minimum atomic E-state index is -0.660. The van der Waals surface area contributed by atoms with E-state index in [4.69, 9.17) is 0 Å². The lowest BCUT2D eigenvalue weighted by Gasteiger charge is -2.34. The van der Waals surface area contributed by atoms with Crippen LogP contribution in [0.5, 0.6) is 0 Å². The highest BCUT2D eigenvalue weighted by molar-refractivity contribution is 6.07. The molecule has 1 saturated carbocycles. The fraction of sp³-hybridized carbons (Fsp3) is 0.542. The number of nitrogens with one attached hydrogen (secondary N) is 1. The molecule has 31 heavy (non-hydrogen) atoms. The average molecular weight is 425 g/mol. The molecule has 1 aromatic rings. The van der Waals surface area contributed by atoms with Gasteiger partial charge in [-0.3, -0.25) is 19.4 Å². The zero-order valence-corrected chi connectivity index (χ0v) is 18.1. The fourth-order valence-electron chi connectivity index (χ4n) is 4.83. The Labute approximate surface area is 184 Å². The predicted molar refractivity (Wildman–Crippen MR) is 119 cm³/mol. The maximum Gasteiger partial charge on any atom is 0.325 e. The van der Waals surface area contributed by atoms with Crippen LogP contribution in [0.1, 0.15) is 44.1 Å². The summed E-state index contributed by atoms with van der Waals surface area (Å²) in [4.78, 5) is 43.0. The molecule has 3 fully saturated rings. The Morgan fingerprint density at radius 2 is 1.74 bits per heavy atom. The van der Waals surface area contributed by atoms with Crippen molar-refractivity contribution in [3.63, 3.8) is 0 Å². The molecule has 0 radical (unpaired) electrons. The molecule has 2 saturated heterocycles. The largest absolute Gasteiger partial charge is 0.340 e. The Hall–Kier alpha value is -2.67. The second kappa shape index (κ2) is 9.64. The van der Waals surface area contributed by atoms with Crippen LogP contribution in [0.25, 0.3) is 6.08 Å². The van der Waals surface area contributed by atoms with Crippen molar-refractivity contribution in [3.8, 4) is 0 Å². The number of imide groups is 1. The van der Waals surface area contributed by atoms with Crippen LogP contribution in [0, 0.1) is 0 Å². The number of amides is 4. The molecule has 1 spiro atoms. The van der Waals surface area contributed by atoms with E-state index in [0.29, 0.717) is 19.4 Å². The molecule has 4 rings (SSSR count). The maximum absolute atomic E-state index is 12.7. The van der Waals surface area contributed by atoms with E-state index in [1.54, 1.807) is 0 Å². The van der Waals surface area contributed by atoms with Crippen molar-refractivity contribution >= 4 is 23.9 Å². The zero-order chi connectivity index (χ0) is 21.7. The number of nitrogens with zero attached hydrogens (tertiary/aromatic N) is 3. The third-order valence-electron chi connectivity index (χ3n) is 6.67. The molecule has 166 valence electrons. The van der Waals surface area contributed by atoms with Crippen LogP contribution in [0.2, 0.25) is 0 Å². The van der Waals surface area contributed by atoms with Gasteiger partial charge >= 0.3 is 6.03 Å². The third kappa shape index (κ3) is 4.98. The number of benzene rings is 1. The van der Waals surface area contributed by atoms with Crippen LogP contribution < -0.4 is 5.32 Å². The van der Waals surface area contributed by atoms with Gasteiger partial charge in [0.25, 0.3) is 5.91 Å². The van der Waals surface area contributed by atoms with E-state index in [9.17, 15) is 14.4 Å². The van der Waals surface area contributed by atoms with E-state index in [-0.39, 0.29) is 17.8 Å². The Kier molecular flexibility index (Phi) is 6.70. The van der Waals surface area contributed by atoms with Crippen LogP contribution in [0.15, 0.2) is 36.4 Å². The molecule has 1 aliphatic carbocycles. The van der Waals surface area contributed by atoms with E-state index >= 15 is 0 Å². The van der Waals surface area contributed by atoms with Crippen LogP contribution >= 0.6 is 0 Å². The molecule has 0 bridgehead atoms. The summed E-state index contributed by atoms with van der Waals surface area (Å²) in [5.74, 6) is 0.0155. The highest BCUT2D eigenvalue weighted by Gasteiger charge is 2.52. The van der Waals surface area contributed by atoms with Gasteiger partial charge in [-0.25, -0.2) is 4.79 Å². The topological polar surface area (TPSA) is 73.0 Å². The van der Waals surface area contributed by atoms with E-state index < -0.39 is 5.54 Å². The maximum atomic E-state index is 12.7. The minimum absolute atomic E-state index is 0.0976. The van der Waals surface area contributed by atoms with Crippen molar-refractivity contribution in [2.75, 3.05) is 39.3 Å². The summed E-state index contributed by atoms with van der Waals surface area (Å²) < 4.78 is 0. The van der Waals surface area contributed by atoms with Crippen molar-refractivity contribution < 1.29 is 14.4 Å². The Morgan fingerprint density at radius 1 is 1.03 bits per heavy atom. The normalized spacial score (nSPS) is 21.4. The van der Waals surface area contributed by atoms with Gasteiger partial charge in [-0.1, -0.05) is 55.3 Å². The first-order chi connectivity index (χ1) is 15.1. The number of rotatable bonds is 7. The van der Waals surface area contributed by atoms with E-state index in [1.807, 2.05) is 23.1 Å². The fourth-order valence-corrected chi connectivity index (χ4v) is 4.83. The number of urea groups is 1. The van der Waals surface area contributed by atoms with E-state index in [2.05, 4.69) is 34.5 Å². The lowest BCUT2D eigenvalue weighted by atomic mass is 9.98. The number of piperazine rings is 1. The Bertz CT molecular complexity index is 824. The third-order valence-corrected chi connectivity index (χ3v) is 6.67. The molecule has 4 amide bonds. The van der Waals surface area contributed by atoms with Crippen molar-refractivity contribution in [2.24, 2.45) is 0 Å². The average Bonchev–Trinajstić information content (AvgIpc) is 3.35. The zero-order valence-electron chi connectivity index (χ0n) is 18.1. The molecule has 3 aliphatic rings. The lowest BCUT2D eigenvalue weighted by Crippen LogP contribution is -2.48. The van der Waals surface area contributed by atoms with Crippen LogP contribution in [0.4, 0.5) is 4.79 Å². The number of hydrogen-bond acceptors (Lipinski definition) is 4. The van der Waals surface area contributed by atoms with Gasteiger partial charge in [0.1, 0.15) is 5.54 Å². The van der Waals surface area contributed by atoms with Gasteiger partial charge in [-0.05, 0) is 24.8 Å². The summed E-state index contributed by atoms with van der Waals surface area (Å²) >= 11 is 0. The summed E-state index contributed by atoms with van der Waals surface area (Å²) in [6.07, 6.45) is 8.62. The van der Waals surface area contributed by atoms with Gasteiger partial charge in [0.15, 0.2) is 0 Å². The van der Waals surface area contributed by atoms with Crippen molar-refractivity contribution in [3.05, 3.63) is 42.0 Å². The second-order valence-corrected chi connectivity index (χ2v) is 8.77. The summed E-state index contributed by atoms with van der Waals surface area (Å²) in [6, 6.07) is 9.94. The van der Waals surface area contributed by atoms with Crippen LogP contribution in [-0.2, 0) is 9.59 Å². The Morgan fingerprint density at radius 3 is 2.45 bits per heavy atom. The number of carbonyl (C=O) groups is 3. The van der Waals surface area contributed by atoms with Crippen molar-refractivity contribution in [1.29, 1.82) is 0 Å². The number of hydrogen-bond donors (Lipinski definition) is 1. The van der Waals surface area contributed by atoms with Gasteiger partial charge in [0.05, 0.1) is 0 Å². The smallest absolute Gasteiger partial charge is 0.325 e.